The molecular weight excluding hydrogens is 220 g/mol. The Morgan fingerprint density at radius 2 is 1.80 bits per heavy atom. The molecule has 0 aromatic carbocycles. The molecule has 0 aliphatic rings. The molecule has 1 aromatic heterocycles. The molecule has 1 rings (SSSR count). The van der Waals surface area contributed by atoms with E-state index in [-0.39, 0.29) is 0 Å². The van der Waals surface area contributed by atoms with Crippen molar-refractivity contribution in [3.63, 3.8) is 0 Å². The van der Waals surface area contributed by atoms with Gasteiger partial charge in [-0.2, -0.15) is 0 Å². The lowest BCUT2D eigenvalue weighted by Gasteiger charge is -2.40. The van der Waals surface area contributed by atoms with Crippen molar-refractivity contribution in [2.24, 2.45) is 0 Å². The SMILES string of the molecule is CCN(c1cscn1)[Si](CC)(CC)CC. The van der Waals surface area contributed by atoms with Gasteiger partial charge in [-0.3, -0.25) is 0 Å². The van der Waals surface area contributed by atoms with Crippen LogP contribution in [0.2, 0.25) is 18.1 Å². The van der Waals surface area contributed by atoms with Gasteiger partial charge in [0.25, 0.3) is 0 Å². The standard InChI is InChI=1S/C11H22N2SSi/c1-5-13(11-9-14-10-12-11)15(6-2,7-3)8-4/h9-10H,5-8H2,1-4H3. The molecule has 0 spiro atoms. The number of hydrogen-bond donors (Lipinski definition) is 0. The maximum atomic E-state index is 4.48. The fraction of sp³-hybridized carbons (Fsp3) is 0.727. The quantitative estimate of drug-likeness (QED) is 0.702. The normalized spacial score (nSPS) is 11.7. The van der Waals surface area contributed by atoms with Gasteiger partial charge >= 0.3 is 0 Å². The number of rotatable bonds is 6. The topological polar surface area (TPSA) is 16.1 Å². The first-order valence-corrected chi connectivity index (χ1v) is 9.41. The van der Waals surface area contributed by atoms with E-state index in [0.717, 1.165) is 6.54 Å². The molecule has 2 nitrogen and oxygen atoms in total. The fourth-order valence-corrected chi connectivity index (χ4v) is 6.96. The van der Waals surface area contributed by atoms with Gasteiger partial charge in [0.15, 0.2) is 8.24 Å². The monoisotopic (exact) mass is 242 g/mol. The minimum atomic E-state index is -1.27. The Morgan fingerprint density at radius 3 is 2.13 bits per heavy atom. The van der Waals surface area contributed by atoms with Gasteiger partial charge in [0.05, 0.1) is 5.51 Å². The summed E-state index contributed by atoms with van der Waals surface area (Å²) in [6.45, 7) is 10.4. The van der Waals surface area contributed by atoms with Gasteiger partial charge in [-0.1, -0.05) is 20.8 Å². The third-order valence-electron chi connectivity index (χ3n) is 3.56. The summed E-state index contributed by atoms with van der Waals surface area (Å²) in [5.41, 5.74) is 1.94. The van der Waals surface area contributed by atoms with E-state index in [1.165, 1.54) is 24.0 Å². The highest BCUT2D eigenvalue weighted by molar-refractivity contribution is 7.08. The second kappa shape index (κ2) is 5.65. The molecule has 0 N–H and O–H groups in total. The van der Waals surface area contributed by atoms with E-state index in [4.69, 9.17) is 0 Å². The predicted molar refractivity (Wildman–Crippen MR) is 72.3 cm³/mol. The van der Waals surface area contributed by atoms with Gasteiger partial charge in [0.2, 0.25) is 0 Å². The van der Waals surface area contributed by atoms with Gasteiger partial charge in [-0.05, 0) is 25.1 Å². The van der Waals surface area contributed by atoms with E-state index in [0.29, 0.717) is 0 Å². The van der Waals surface area contributed by atoms with Crippen molar-refractivity contribution >= 4 is 25.4 Å². The number of thiazole rings is 1. The summed E-state index contributed by atoms with van der Waals surface area (Å²) in [4.78, 5) is 4.48. The van der Waals surface area contributed by atoms with Crippen LogP contribution in [0.15, 0.2) is 10.9 Å². The molecule has 1 aromatic rings. The Hall–Kier alpha value is -0.353. The zero-order valence-corrected chi connectivity index (χ0v) is 12.1. The zero-order valence-electron chi connectivity index (χ0n) is 10.3. The van der Waals surface area contributed by atoms with Crippen molar-refractivity contribution in [2.45, 2.75) is 45.8 Å². The third kappa shape index (κ3) is 2.42. The summed E-state index contributed by atoms with van der Waals surface area (Å²) >= 11 is 1.70. The Bertz CT molecular complexity index is 262. The molecule has 0 radical (unpaired) electrons. The molecule has 0 amide bonds. The number of anilines is 1. The summed E-state index contributed by atoms with van der Waals surface area (Å²) in [5.74, 6) is 1.21. The van der Waals surface area contributed by atoms with E-state index in [2.05, 4.69) is 42.6 Å². The van der Waals surface area contributed by atoms with Crippen LogP contribution in [0.1, 0.15) is 27.7 Å². The Morgan fingerprint density at radius 1 is 1.20 bits per heavy atom. The van der Waals surface area contributed by atoms with Crippen LogP contribution in [-0.2, 0) is 0 Å². The van der Waals surface area contributed by atoms with Crippen LogP contribution in [0.3, 0.4) is 0 Å². The van der Waals surface area contributed by atoms with Crippen molar-refractivity contribution < 1.29 is 0 Å². The lowest BCUT2D eigenvalue weighted by atomic mass is 10.7. The largest absolute Gasteiger partial charge is 0.382 e. The van der Waals surface area contributed by atoms with Gasteiger partial charge in [0.1, 0.15) is 5.82 Å². The molecular formula is C11H22N2SSi. The summed E-state index contributed by atoms with van der Waals surface area (Å²) < 4.78 is 2.60. The lowest BCUT2D eigenvalue weighted by Crippen LogP contribution is -2.52. The van der Waals surface area contributed by atoms with Gasteiger partial charge in [-0.25, -0.2) is 4.98 Å². The first-order valence-electron chi connectivity index (χ1n) is 5.89. The molecule has 0 saturated carbocycles. The maximum absolute atomic E-state index is 4.48. The summed E-state index contributed by atoms with van der Waals surface area (Å²) in [6, 6.07) is 3.97. The first-order chi connectivity index (χ1) is 7.24. The van der Waals surface area contributed by atoms with Crippen LogP contribution >= 0.6 is 11.3 Å². The van der Waals surface area contributed by atoms with Gasteiger partial charge in [-0.15, -0.1) is 11.3 Å². The second-order valence-electron chi connectivity index (χ2n) is 3.88. The minimum Gasteiger partial charge on any atom is -0.382 e. The molecule has 0 fully saturated rings. The summed E-state index contributed by atoms with van der Waals surface area (Å²) in [6.07, 6.45) is 0. The van der Waals surface area contributed by atoms with Crippen molar-refractivity contribution in [2.75, 3.05) is 11.1 Å². The number of nitrogens with zero attached hydrogens (tertiary/aromatic N) is 2. The van der Waals surface area contributed by atoms with E-state index in [9.17, 15) is 0 Å². The van der Waals surface area contributed by atoms with E-state index in [1.54, 1.807) is 11.3 Å². The Kier molecular flexibility index (Phi) is 4.79. The highest BCUT2D eigenvalue weighted by atomic mass is 32.1. The number of aromatic nitrogens is 1. The first kappa shape index (κ1) is 12.7. The van der Waals surface area contributed by atoms with Gasteiger partial charge < -0.3 is 4.57 Å². The van der Waals surface area contributed by atoms with E-state index < -0.39 is 8.24 Å². The molecule has 0 atom stereocenters. The molecule has 0 saturated heterocycles. The van der Waals surface area contributed by atoms with Gasteiger partial charge in [0, 0.05) is 11.9 Å². The molecule has 1 heterocycles. The smallest absolute Gasteiger partial charge is 0.157 e. The molecule has 0 aliphatic carbocycles. The average Bonchev–Trinajstić information content (AvgIpc) is 2.79. The Labute approximate surface area is 98.4 Å². The van der Waals surface area contributed by atoms with E-state index >= 15 is 0 Å². The van der Waals surface area contributed by atoms with Crippen molar-refractivity contribution in [3.8, 4) is 0 Å². The van der Waals surface area contributed by atoms with Crippen molar-refractivity contribution in [1.82, 2.24) is 4.98 Å². The maximum Gasteiger partial charge on any atom is 0.157 e. The zero-order chi connectivity index (χ0) is 11.3. The van der Waals surface area contributed by atoms with Crippen LogP contribution in [0.4, 0.5) is 5.82 Å². The van der Waals surface area contributed by atoms with Crippen LogP contribution in [0.5, 0.6) is 0 Å². The highest BCUT2D eigenvalue weighted by Crippen LogP contribution is 2.29. The summed E-state index contributed by atoms with van der Waals surface area (Å²) in [5, 5.41) is 2.19. The second-order valence-corrected chi connectivity index (χ2v) is 9.70. The average molecular weight is 242 g/mol. The molecule has 15 heavy (non-hydrogen) atoms. The van der Waals surface area contributed by atoms with Crippen molar-refractivity contribution in [1.29, 1.82) is 0 Å². The molecule has 0 bridgehead atoms. The number of hydrogen-bond acceptors (Lipinski definition) is 3. The van der Waals surface area contributed by atoms with Crippen LogP contribution < -0.4 is 4.57 Å². The molecule has 0 unspecified atom stereocenters. The van der Waals surface area contributed by atoms with E-state index in [1.807, 2.05) is 5.51 Å². The predicted octanol–water partition coefficient (Wildman–Crippen LogP) is 3.97. The van der Waals surface area contributed by atoms with Crippen LogP contribution in [-0.4, -0.2) is 19.8 Å². The fourth-order valence-electron chi connectivity index (χ4n) is 2.40. The lowest BCUT2D eigenvalue weighted by molar-refractivity contribution is 0.968. The van der Waals surface area contributed by atoms with Crippen molar-refractivity contribution in [3.05, 3.63) is 10.9 Å². The van der Waals surface area contributed by atoms with Crippen LogP contribution in [0.25, 0.3) is 0 Å². The molecule has 4 heteroatoms. The molecule has 0 aliphatic heterocycles. The minimum absolute atomic E-state index is 1.10. The third-order valence-corrected chi connectivity index (χ3v) is 9.77. The highest BCUT2D eigenvalue weighted by Gasteiger charge is 2.34. The Balaban J connectivity index is 2.98. The molecule has 86 valence electrons. The summed E-state index contributed by atoms with van der Waals surface area (Å²) in [7, 11) is -1.27. The van der Waals surface area contributed by atoms with Crippen LogP contribution in [0, 0.1) is 0 Å².